The average molecular weight is 271 g/mol. The third kappa shape index (κ3) is 1.63. The van der Waals surface area contributed by atoms with Gasteiger partial charge in [-0.2, -0.15) is 0 Å². The van der Waals surface area contributed by atoms with Crippen LogP contribution in [0, 0.1) is 6.92 Å². The molecule has 0 aromatic heterocycles. The van der Waals surface area contributed by atoms with E-state index in [-0.39, 0.29) is 11.5 Å². The number of ether oxygens (including phenoxy) is 1. The zero-order valence-electron chi connectivity index (χ0n) is 10.3. The van der Waals surface area contributed by atoms with Gasteiger partial charge in [0.25, 0.3) is 0 Å². The number of carbonyl (C=O) groups is 1. The second kappa shape index (κ2) is 4.35. The van der Waals surface area contributed by atoms with Crippen molar-refractivity contribution in [3.05, 3.63) is 22.2 Å². The smallest absolute Gasteiger partial charge is 0.314 e. The molecule has 1 saturated carbocycles. The van der Waals surface area contributed by atoms with Gasteiger partial charge in [-0.05, 0) is 25.3 Å². The van der Waals surface area contributed by atoms with Crippen LogP contribution in [0.1, 0.15) is 30.4 Å². The number of benzene rings is 1. The molecule has 0 spiro atoms. The number of hydrogen-bond donors (Lipinski definition) is 2. The Labute approximate surface area is 110 Å². The van der Waals surface area contributed by atoms with Gasteiger partial charge in [0.2, 0.25) is 0 Å². The molecule has 18 heavy (non-hydrogen) atoms. The highest BCUT2D eigenvalue weighted by Gasteiger charge is 2.49. The maximum atomic E-state index is 11.5. The zero-order valence-corrected chi connectivity index (χ0v) is 11.0. The molecule has 5 heteroatoms. The quantitative estimate of drug-likeness (QED) is 0.886. The lowest BCUT2D eigenvalue weighted by Gasteiger charge is -2.39. The second-order valence-corrected chi connectivity index (χ2v) is 5.06. The summed E-state index contributed by atoms with van der Waals surface area (Å²) in [6.45, 7) is 1.72. The van der Waals surface area contributed by atoms with Crippen molar-refractivity contribution in [2.75, 3.05) is 7.11 Å². The fourth-order valence-electron chi connectivity index (χ4n) is 2.55. The van der Waals surface area contributed by atoms with Crippen molar-refractivity contribution >= 4 is 17.6 Å². The highest BCUT2D eigenvalue weighted by atomic mass is 35.5. The first-order valence-corrected chi connectivity index (χ1v) is 6.12. The predicted octanol–water partition coefficient (Wildman–Crippen LogP) is 2.87. The monoisotopic (exact) mass is 270 g/mol. The van der Waals surface area contributed by atoms with E-state index in [9.17, 15) is 15.0 Å². The first-order chi connectivity index (χ1) is 8.44. The Bertz CT molecular complexity index is 506. The molecule has 0 saturated heterocycles. The van der Waals surface area contributed by atoms with Crippen LogP contribution in [-0.4, -0.2) is 23.3 Å². The molecule has 0 amide bonds. The fourth-order valence-corrected chi connectivity index (χ4v) is 2.75. The topological polar surface area (TPSA) is 66.8 Å². The van der Waals surface area contributed by atoms with Crippen molar-refractivity contribution in [1.29, 1.82) is 0 Å². The minimum absolute atomic E-state index is 0.110. The van der Waals surface area contributed by atoms with Crippen molar-refractivity contribution < 1.29 is 19.7 Å². The lowest BCUT2D eigenvalue weighted by Crippen LogP contribution is -2.43. The van der Waals surface area contributed by atoms with Gasteiger partial charge in [-0.15, -0.1) is 0 Å². The van der Waals surface area contributed by atoms with E-state index < -0.39 is 11.4 Å². The summed E-state index contributed by atoms with van der Waals surface area (Å²) in [6, 6.07) is 1.50. The third-order valence-corrected chi connectivity index (χ3v) is 4.17. The van der Waals surface area contributed by atoms with Crippen molar-refractivity contribution in [2.45, 2.75) is 31.6 Å². The third-order valence-electron chi connectivity index (χ3n) is 3.78. The van der Waals surface area contributed by atoms with Crippen LogP contribution in [0.5, 0.6) is 11.5 Å². The standard InChI is InChI=1S/C13H15ClO4/c1-7-8(14)6-9(18-2)11(15)10(7)13(12(16)17)4-3-5-13/h6,15H,3-5H2,1-2H3,(H,16,17). The van der Waals surface area contributed by atoms with Crippen LogP contribution in [0.4, 0.5) is 0 Å². The minimum atomic E-state index is -1.02. The number of halogens is 1. The first kappa shape index (κ1) is 13.0. The van der Waals surface area contributed by atoms with Crippen LogP contribution in [0.25, 0.3) is 0 Å². The van der Waals surface area contributed by atoms with Crippen LogP contribution in [0.2, 0.25) is 5.02 Å². The molecule has 0 heterocycles. The maximum Gasteiger partial charge on any atom is 0.314 e. The molecule has 4 nitrogen and oxygen atoms in total. The second-order valence-electron chi connectivity index (χ2n) is 4.65. The average Bonchev–Trinajstić information content (AvgIpc) is 2.26. The summed E-state index contributed by atoms with van der Waals surface area (Å²) >= 11 is 6.08. The number of carboxylic acids is 1. The Morgan fingerprint density at radius 3 is 2.50 bits per heavy atom. The largest absolute Gasteiger partial charge is 0.504 e. The maximum absolute atomic E-state index is 11.5. The molecule has 0 atom stereocenters. The van der Waals surface area contributed by atoms with Gasteiger partial charge >= 0.3 is 5.97 Å². The molecule has 1 aromatic rings. The number of rotatable bonds is 3. The first-order valence-electron chi connectivity index (χ1n) is 5.74. The van der Waals surface area contributed by atoms with E-state index in [1.54, 1.807) is 6.92 Å². The van der Waals surface area contributed by atoms with Gasteiger partial charge in [0.1, 0.15) is 0 Å². The Kier molecular flexibility index (Phi) is 3.15. The molecule has 2 N–H and O–H groups in total. The van der Waals surface area contributed by atoms with Gasteiger partial charge in [0.05, 0.1) is 12.5 Å². The fraction of sp³-hybridized carbons (Fsp3) is 0.462. The van der Waals surface area contributed by atoms with Crippen molar-refractivity contribution in [2.24, 2.45) is 0 Å². The molecule has 0 aliphatic heterocycles. The number of aromatic hydroxyl groups is 1. The molecule has 1 aromatic carbocycles. The number of phenols is 1. The summed E-state index contributed by atoms with van der Waals surface area (Å²) < 4.78 is 5.04. The molecule has 0 radical (unpaired) electrons. The van der Waals surface area contributed by atoms with Crippen LogP contribution < -0.4 is 4.74 Å². The van der Waals surface area contributed by atoms with E-state index in [2.05, 4.69) is 0 Å². The van der Waals surface area contributed by atoms with E-state index in [1.807, 2.05) is 0 Å². The van der Waals surface area contributed by atoms with Gasteiger partial charge in [-0.3, -0.25) is 4.79 Å². The zero-order chi connectivity index (χ0) is 13.5. The Morgan fingerprint density at radius 1 is 1.50 bits per heavy atom. The molecule has 1 aliphatic carbocycles. The summed E-state index contributed by atoms with van der Waals surface area (Å²) in [5.41, 5.74) is -0.0190. The normalized spacial score (nSPS) is 17.1. The summed E-state index contributed by atoms with van der Waals surface area (Å²) in [4.78, 5) is 11.5. The van der Waals surface area contributed by atoms with Crippen LogP contribution >= 0.6 is 11.6 Å². The van der Waals surface area contributed by atoms with E-state index >= 15 is 0 Å². The Balaban J connectivity index is 2.70. The molecule has 1 fully saturated rings. The predicted molar refractivity (Wildman–Crippen MR) is 67.6 cm³/mol. The molecule has 1 aliphatic rings. The Hall–Kier alpha value is -1.42. The van der Waals surface area contributed by atoms with Crippen LogP contribution in [0.15, 0.2) is 6.07 Å². The number of methoxy groups -OCH3 is 1. The Morgan fingerprint density at radius 2 is 2.11 bits per heavy atom. The summed E-state index contributed by atoms with van der Waals surface area (Å²) in [7, 11) is 1.42. The van der Waals surface area contributed by atoms with Gasteiger partial charge < -0.3 is 14.9 Å². The number of carboxylic acid groups (broad SMARTS) is 1. The van der Waals surface area contributed by atoms with Crippen molar-refractivity contribution in [3.63, 3.8) is 0 Å². The van der Waals surface area contributed by atoms with Gasteiger partial charge in [-0.1, -0.05) is 18.0 Å². The van der Waals surface area contributed by atoms with E-state index in [4.69, 9.17) is 16.3 Å². The van der Waals surface area contributed by atoms with E-state index in [1.165, 1.54) is 13.2 Å². The summed E-state index contributed by atoms with van der Waals surface area (Å²) in [6.07, 6.45) is 1.86. The molecule has 0 bridgehead atoms. The summed E-state index contributed by atoms with van der Waals surface area (Å²) in [5, 5.41) is 20.1. The van der Waals surface area contributed by atoms with Crippen molar-refractivity contribution in [1.82, 2.24) is 0 Å². The van der Waals surface area contributed by atoms with Gasteiger partial charge in [0.15, 0.2) is 11.5 Å². The highest BCUT2D eigenvalue weighted by molar-refractivity contribution is 6.31. The SMILES string of the molecule is COc1cc(Cl)c(C)c(C2(C(=O)O)CCC2)c1O. The molecular weight excluding hydrogens is 256 g/mol. The summed E-state index contributed by atoms with van der Waals surface area (Å²) in [5.74, 6) is -0.814. The van der Waals surface area contributed by atoms with Crippen molar-refractivity contribution in [3.8, 4) is 11.5 Å². The highest BCUT2D eigenvalue weighted by Crippen LogP contribution is 2.52. The van der Waals surface area contributed by atoms with Crippen LogP contribution in [0.3, 0.4) is 0 Å². The van der Waals surface area contributed by atoms with E-state index in [0.717, 1.165) is 6.42 Å². The lowest BCUT2D eigenvalue weighted by atomic mass is 9.63. The number of phenolic OH excluding ortho intramolecular Hbond substituents is 1. The molecule has 0 unspecified atom stereocenters. The molecule has 2 rings (SSSR count). The molecule has 98 valence electrons. The van der Waals surface area contributed by atoms with E-state index in [0.29, 0.717) is 29.0 Å². The number of aliphatic carboxylic acids is 1. The minimum Gasteiger partial charge on any atom is -0.504 e. The van der Waals surface area contributed by atoms with Gasteiger partial charge in [-0.25, -0.2) is 0 Å². The number of hydrogen-bond acceptors (Lipinski definition) is 3. The van der Waals surface area contributed by atoms with Crippen LogP contribution in [-0.2, 0) is 10.2 Å². The molecular formula is C13H15ClO4. The van der Waals surface area contributed by atoms with Gasteiger partial charge in [0, 0.05) is 16.7 Å². The lowest BCUT2D eigenvalue weighted by molar-refractivity contribution is -0.147.